The van der Waals surface area contributed by atoms with Crippen molar-refractivity contribution in [1.82, 2.24) is 0 Å². The minimum absolute atomic E-state index is 0.634. The van der Waals surface area contributed by atoms with Gasteiger partial charge in [0.1, 0.15) is 0 Å². The molecule has 0 amide bonds. The van der Waals surface area contributed by atoms with Crippen molar-refractivity contribution in [2.24, 2.45) is 0 Å². The zero-order valence-corrected chi connectivity index (χ0v) is 13.9. The van der Waals surface area contributed by atoms with Gasteiger partial charge in [-0.2, -0.15) is 0 Å². The third-order valence-corrected chi connectivity index (χ3v) is 3.03. The molecule has 2 nitrogen and oxygen atoms in total. The van der Waals surface area contributed by atoms with Gasteiger partial charge in [-0.3, -0.25) is 0 Å². The van der Waals surface area contributed by atoms with Crippen molar-refractivity contribution in [3.8, 4) is 47.9 Å². The van der Waals surface area contributed by atoms with Gasteiger partial charge in [-0.05, 0) is 38.5 Å². The monoisotopic (exact) mass is 310 g/mol. The van der Waals surface area contributed by atoms with Gasteiger partial charge in [-0.1, -0.05) is 5.92 Å². The smallest absolute Gasteiger partial charge is 0.381 e. The summed E-state index contributed by atoms with van der Waals surface area (Å²) in [4.78, 5) is 10.2. The van der Waals surface area contributed by atoms with Crippen molar-refractivity contribution < 1.29 is 9.90 Å². The molecule has 0 heterocycles. The van der Waals surface area contributed by atoms with Crippen LogP contribution in [0, 0.1) is 47.9 Å². The molecule has 0 spiro atoms. The van der Waals surface area contributed by atoms with Crippen LogP contribution >= 0.6 is 0 Å². The Labute approximate surface area is 141 Å². The van der Waals surface area contributed by atoms with Crippen molar-refractivity contribution in [1.29, 1.82) is 0 Å². The number of carboxylic acid groups (broad SMARTS) is 1. The van der Waals surface area contributed by atoms with Gasteiger partial charge in [0.15, 0.2) is 0 Å². The molecular weight excluding hydrogens is 284 g/mol. The van der Waals surface area contributed by atoms with Crippen molar-refractivity contribution in [2.45, 2.75) is 77.0 Å². The maximum atomic E-state index is 10.2. The van der Waals surface area contributed by atoms with E-state index in [2.05, 4.69) is 41.4 Å². The highest BCUT2D eigenvalue weighted by atomic mass is 16.4. The first kappa shape index (κ1) is 20.7. The zero-order chi connectivity index (χ0) is 17.0. The lowest BCUT2D eigenvalue weighted by atomic mass is 10.1. The van der Waals surface area contributed by atoms with E-state index in [4.69, 9.17) is 11.5 Å². The molecule has 0 aliphatic heterocycles. The second kappa shape index (κ2) is 17.8. The average molecular weight is 310 g/mol. The fourth-order valence-corrected chi connectivity index (χ4v) is 1.79. The molecule has 0 saturated carbocycles. The van der Waals surface area contributed by atoms with E-state index in [1.165, 1.54) is 0 Å². The van der Waals surface area contributed by atoms with Crippen molar-refractivity contribution >= 4 is 5.97 Å². The topological polar surface area (TPSA) is 37.3 Å². The van der Waals surface area contributed by atoms with Crippen molar-refractivity contribution in [3.63, 3.8) is 0 Å². The number of carboxylic acids is 1. The Morgan fingerprint density at radius 3 is 1.35 bits per heavy atom. The summed E-state index contributed by atoms with van der Waals surface area (Å²) in [6.07, 6.45) is 16.7. The first-order valence-electron chi connectivity index (χ1n) is 8.34. The number of rotatable bonds is 9. The van der Waals surface area contributed by atoms with Gasteiger partial charge in [0.2, 0.25) is 0 Å². The van der Waals surface area contributed by atoms with E-state index >= 15 is 0 Å². The maximum Gasteiger partial charge on any atom is 0.381 e. The summed E-state index contributed by atoms with van der Waals surface area (Å²) in [7, 11) is 0. The Kier molecular flexibility index (Phi) is 16.0. The molecule has 0 aliphatic carbocycles. The highest BCUT2D eigenvalue weighted by Gasteiger charge is 1.87. The molecule has 2 heteroatoms. The first-order chi connectivity index (χ1) is 11.3. The molecule has 122 valence electrons. The van der Waals surface area contributed by atoms with Gasteiger partial charge in [0, 0.05) is 44.4 Å². The summed E-state index contributed by atoms with van der Waals surface area (Å²) in [6.45, 7) is 0. The fraction of sp³-hybridized carbons (Fsp3) is 0.571. The molecule has 0 aliphatic rings. The molecule has 1 N–H and O–H groups in total. The lowest BCUT2D eigenvalue weighted by molar-refractivity contribution is -0.130. The Morgan fingerprint density at radius 1 is 0.652 bits per heavy atom. The molecule has 0 unspecified atom stereocenters. The Bertz CT molecular complexity index is 532. The van der Waals surface area contributed by atoms with Crippen molar-refractivity contribution in [2.75, 3.05) is 0 Å². The van der Waals surface area contributed by atoms with E-state index in [1.54, 1.807) is 0 Å². The molecule has 0 aromatic rings. The SMILES string of the molecule is C#CCCCCC#CCCCCC#CCCCCC#CC(=O)O. The van der Waals surface area contributed by atoms with Crippen LogP contribution in [0.4, 0.5) is 0 Å². The molecule has 0 radical (unpaired) electrons. The largest absolute Gasteiger partial charge is 0.472 e. The van der Waals surface area contributed by atoms with Gasteiger partial charge < -0.3 is 5.11 Å². The number of terminal acetylenes is 1. The van der Waals surface area contributed by atoms with Gasteiger partial charge >= 0.3 is 5.97 Å². The van der Waals surface area contributed by atoms with Crippen LogP contribution in [0.15, 0.2) is 0 Å². The number of unbranched alkanes of at least 4 members (excludes halogenated alkanes) is 9. The van der Waals surface area contributed by atoms with Crippen LogP contribution in [-0.2, 0) is 4.79 Å². The third kappa shape index (κ3) is 19.7. The quantitative estimate of drug-likeness (QED) is 0.506. The van der Waals surface area contributed by atoms with Gasteiger partial charge in [-0.15, -0.1) is 36.0 Å². The molecule has 0 bridgehead atoms. The van der Waals surface area contributed by atoms with E-state index in [9.17, 15) is 4.79 Å². The van der Waals surface area contributed by atoms with Crippen LogP contribution in [0.3, 0.4) is 0 Å². The van der Waals surface area contributed by atoms with Crippen LogP contribution in [0.1, 0.15) is 77.0 Å². The molecule has 0 aromatic carbocycles. The maximum absolute atomic E-state index is 10.2. The first-order valence-corrected chi connectivity index (χ1v) is 8.34. The predicted octanol–water partition coefficient (Wildman–Crippen LogP) is 4.40. The third-order valence-electron chi connectivity index (χ3n) is 3.03. The van der Waals surface area contributed by atoms with Crippen molar-refractivity contribution in [3.05, 3.63) is 0 Å². The van der Waals surface area contributed by atoms with Gasteiger partial charge in [-0.25, -0.2) is 4.79 Å². The summed E-state index contributed by atoms with van der Waals surface area (Å²) in [5.74, 6) is 19.0. The van der Waals surface area contributed by atoms with E-state index < -0.39 is 5.97 Å². The Balaban J connectivity index is 3.34. The molecule has 0 atom stereocenters. The van der Waals surface area contributed by atoms with Crippen LogP contribution in [-0.4, -0.2) is 11.1 Å². The fourth-order valence-electron chi connectivity index (χ4n) is 1.79. The minimum Gasteiger partial charge on any atom is -0.472 e. The van der Waals surface area contributed by atoms with Gasteiger partial charge in [0.05, 0.1) is 0 Å². The van der Waals surface area contributed by atoms with Gasteiger partial charge in [0.25, 0.3) is 0 Å². The van der Waals surface area contributed by atoms with E-state index in [0.717, 1.165) is 70.6 Å². The van der Waals surface area contributed by atoms with E-state index in [0.29, 0.717) is 6.42 Å². The minimum atomic E-state index is -1.06. The lowest BCUT2D eigenvalue weighted by Crippen LogP contribution is -1.86. The average Bonchev–Trinajstić information content (AvgIpc) is 2.53. The molecule has 23 heavy (non-hydrogen) atoms. The summed E-state index contributed by atoms with van der Waals surface area (Å²) in [6, 6.07) is 0. The number of carbonyl (C=O) groups is 1. The molecule has 0 fully saturated rings. The summed E-state index contributed by atoms with van der Waals surface area (Å²) in [5.41, 5.74) is 0. The summed E-state index contributed by atoms with van der Waals surface area (Å²) < 4.78 is 0. The standard InChI is InChI=1S/C21H26O2/c1-2-3-4-5-6-7-8-9-10-11-12-13-14-15-16-17-18-19-20-21(22)23/h1H,3-6,9-12,15-18H2,(H,22,23). The normalized spacial score (nSPS) is 8.48. The highest BCUT2D eigenvalue weighted by molar-refractivity contribution is 5.86. The molecule has 0 saturated heterocycles. The Hall–Kier alpha value is -2.29. The second-order valence-corrected chi connectivity index (χ2v) is 5.14. The Morgan fingerprint density at radius 2 is 1.00 bits per heavy atom. The zero-order valence-electron chi connectivity index (χ0n) is 13.9. The molecule has 0 rings (SSSR count). The van der Waals surface area contributed by atoms with Crippen LogP contribution in [0.2, 0.25) is 0 Å². The lowest BCUT2D eigenvalue weighted by Gasteiger charge is -1.91. The highest BCUT2D eigenvalue weighted by Crippen LogP contribution is 2.01. The number of hydrogen-bond acceptors (Lipinski definition) is 1. The molecular formula is C21H26O2. The number of aliphatic carboxylic acids is 1. The second-order valence-electron chi connectivity index (χ2n) is 5.14. The predicted molar refractivity (Wildman–Crippen MR) is 95.2 cm³/mol. The van der Waals surface area contributed by atoms with E-state index in [-0.39, 0.29) is 0 Å². The van der Waals surface area contributed by atoms with Crippen LogP contribution in [0.5, 0.6) is 0 Å². The van der Waals surface area contributed by atoms with Crippen LogP contribution < -0.4 is 0 Å². The summed E-state index contributed by atoms with van der Waals surface area (Å²) in [5, 5.41) is 8.34. The molecule has 0 aromatic heterocycles. The summed E-state index contributed by atoms with van der Waals surface area (Å²) >= 11 is 0. The van der Waals surface area contributed by atoms with Crippen LogP contribution in [0.25, 0.3) is 0 Å². The van der Waals surface area contributed by atoms with E-state index in [1.807, 2.05) is 0 Å². The number of hydrogen-bond donors (Lipinski definition) is 1.